The number of H-pyrrole nitrogens is 1. The van der Waals surface area contributed by atoms with Crippen molar-refractivity contribution >= 4 is 44.1 Å². The normalized spacial score (nSPS) is 16.2. The third-order valence-electron chi connectivity index (χ3n) is 6.47. The lowest BCUT2D eigenvalue weighted by Gasteiger charge is -2.18. The maximum atomic E-state index is 13.0. The number of nitrogens with zero attached hydrogens (tertiary/aromatic N) is 2. The second-order valence-electron chi connectivity index (χ2n) is 8.73. The fourth-order valence-corrected chi connectivity index (χ4v) is 6.10. The fraction of sp³-hybridized carbons (Fsp3) is 0.308. The molecule has 4 aromatic rings. The van der Waals surface area contributed by atoms with Crippen LogP contribution in [-0.2, 0) is 11.2 Å². The standard InChI is InChI=1S/C26H27N3O2S/c1-28(2)26(31)25-24(20-8-4-6-10-22(20)32-25)18-13-14-29(16-18)23(30)12-11-17-15-27-21-9-5-3-7-19(17)21/h3-10,15,18,27H,11-14,16H2,1-2H3/t18-/m1/s1. The Morgan fingerprint density at radius 2 is 1.84 bits per heavy atom. The number of likely N-dealkylation sites (tertiary alicyclic amines) is 1. The topological polar surface area (TPSA) is 56.4 Å². The highest BCUT2D eigenvalue weighted by molar-refractivity contribution is 7.21. The summed E-state index contributed by atoms with van der Waals surface area (Å²) in [6.45, 7) is 1.43. The first-order valence-corrected chi connectivity index (χ1v) is 11.9. The van der Waals surface area contributed by atoms with Gasteiger partial charge in [0.05, 0.1) is 4.88 Å². The molecule has 1 saturated heterocycles. The lowest BCUT2D eigenvalue weighted by atomic mass is 9.95. The molecule has 0 radical (unpaired) electrons. The minimum atomic E-state index is 0.0466. The summed E-state index contributed by atoms with van der Waals surface area (Å²) >= 11 is 1.57. The van der Waals surface area contributed by atoms with Crippen molar-refractivity contribution in [2.45, 2.75) is 25.2 Å². The van der Waals surface area contributed by atoms with Crippen molar-refractivity contribution in [1.29, 1.82) is 0 Å². The van der Waals surface area contributed by atoms with Crippen molar-refractivity contribution in [2.75, 3.05) is 27.2 Å². The van der Waals surface area contributed by atoms with Gasteiger partial charge in [-0.2, -0.15) is 0 Å². The minimum absolute atomic E-state index is 0.0466. The second kappa shape index (κ2) is 8.43. The summed E-state index contributed by atoms with van der Waals surface area (Å²) in [6.07, 6.45) is 4.15. The molecule has 0 saturated carbocycles. The number of nitrogens with one attached hydrogen (secondary N) is 1. The van der Waals surface area contributed by atoms with Crippen molar-refractivity contribution in [3.05, 3.63) is 70.7 Å². The molecule has 2 aromatic heterocycles. The Kier molecular flexibility index (Phi) is 5.47. The SMILES string of the molecule is CN(C)C(=O)c1sc2ccccc2c1[C@@H]1CCN(C(=O)CCc2c[nH]c3ccccc23)C1. The Labute approximate surface area is 191 Å². The van der Waals surface area contributed by atoms with Gasteiger partial charge in [0, 0.05) is 61.3 Å². The number of hydrogen-bond acceptors (Lipinski definition) is 3. The molecule has 0 unspecified atom stereocenters. The highest BCUT2D eigenvalue weighted by Gasteiger charge is 2.32. The van der Waals surface area contributed by atoms with Crippen molar-refractivity contribution < 1.29 is 9.59 Å². The van der Waals surface area contributed by atoms with Gasteiger partial charge in [-0.15, -0.1) is 11.3 Å². The van der Waals surface area contributed by atoms with E-state index in [1.165, 1.54) is 10.9 Å². The summed E-state index contributed by atoms with van der Waals surface area (Å²) in [5, 5.41) is 2.34. The number of aromatic amines is 1. The van der Waals surface area contributed by atoms with Crippen LogP contribution in [0.4, 0.5) is 0 Å². The van der Waals surface area contributed by atoms with Gasteiger partial charge in [-0.1, -0.05) is 36.4 Å². The summed E-state index contributed by atoms with van der Waals surface area (Å²) in [4.78, 5) is 33.7. The molecule has 5 nitrogen and oxygen atoms in total. The van der Waals surface area contributed by atoms with Gasteiger partial charge in [0.25, 0.3) is 5.91 Å². The van der Waals surface area contributed by atoms with Gasteiger partial charge in [-0.25, -0.2) is 0 Å². The molecule has 1 aliphatic rings. The summed E-state index contributed by atoms with van der Waals surface area (Å²) in [5.41, 5.74) is 3.42. The van der Waals surface area contributed by atoms with Crippen LogP contribution in [0.15, 0.2) is 54.7 Å². The molecule has 2 amide bonds. The van der Waals surface area contributed by atoms with Gasteiger partial charge >= 0.3 is 0 Å². The molecule has 2 aromatic carbocycles. The lowest BCUT2D eigenvalue weighted by Crippen LogP contribution is -2.29. The van der Waals surface area contributed by atoms with Crippen LogP contribution in [-0.4, -0.2) is 53.8 Å². The zero-order chi connectivity index (χ0) is 22.2. The molecule has 3 heterocycles. The molecule has 32 heavy (non-hydrogen) atoms. The summed E-state index contributed by atoms with van der Waals surface area (Å²) in [7, 11) is 3.59. The molecule has 6 heteroatoms. The monoisotopic (exact) mass is 445 g/mol. The van der Waals surface area contributed by atoms with Crippen LogP contribution in [0, 0.1) is 0 Å². The first-order valence-electron chi connectivity index (χ1n) is 11.1. The Morgan fingerprint density at radius 3 is 2.66 bits per heavy atom. The van der Waals surface area contributed by atoms with Gasteiger partial charge in [-0.05, 0) is 41.5 Å². The van der Waals surface area contributed by atoms with E-state index in [1.54, 1.807) is 30.3 Å². The summed E-state index contributed by atoms with van der Waals surface area (Å²) < 4.78 is 1.14. The smallest absolute Gasteiger partial charge is 0.263 e. The van der Waals surface area contributed by atoms with E-state index in [2.05, 4.69) is 29.2 Å². The molecule has 1 atom stereocenters. The van der Waals surface area contributed by atoms with E-state index in [-0.39, 0.29) is 17.7 Å². The number of benzene rings is 2. The highest BCUT2D eigenvalue weighted by atomic mass is 32.1. The van der Waals surface area contributed by atoms with Crippen LogP contribution in [0.25, 0.3) is 21.0 Å². The zero-order valence-electron chi connectivity index (χ0n) is 18.4. The van der Waals surface area contributed by atoms with Gasteiger partial charge < -0.3 is 14.8 Å². The molecule has 1 fully saturated rings. The summed E-state index contributed by atoms with van der Waals surface area (Å²) in [5.74, 6) is 0.435. The van der Waals surface area contributed by atoms with E-state index in [4.69, 9.17) is 0 Å². The number of aromatic nitrogens is 1. The maximum absolute atomic E-state index is 13.0. The van der Waals surface area contributed by atoms with E-state index in [0.29, 0.717) is 13.0 Å². The van der Waals surface area contributed by atoms with Gasteiger partial charge in [0.1, 0.15) is 0 Å². The molecule has 0 spiro atoms. The van der Waals surface area contributed by atoms with Crippen LogP contribution in [0.5, 0.6) is 0 Å². The van der Waals surface area contributed by atoms with E-state index >= 15 is 0 Å². The number of aryl methyl sites for hydroxylation is 1. The average molecular weight is 446 g/mol. The van der Waals surface area contributed by atoms with Crippen molar-refractivity contribution in [2.24, 2.45) is 0 Å². The van der Waals surface area contributed by atoms with Crippen LogP contribution in [0.2, 0.25) is 0 Å². The predicted octanol–water partition coefficient (Wildman–Crippen LogP) is 5.03. The molecule has 5 rings (SSSR count). The van der Waals surface area contributed by atoms with E-state index in [1.807, 2.05) is 35.4 Å². The quantitative estimate of drug-likeness (QED) is 0.468. The molecule has 1 aliphatic heterocycles. The van der Waals surface area contributed by atoms with Crippen molar-refractivity contribution in [3.8, 4) is 0 Å². The minimum Gasteiger partial charge on any atom is -0.361 e. The van der Waals surface area contributed by atoms with Crippen LogP contribution >= 0.6 is 11.3 Å². The Balaban J connectivity index is 1.33. The van der Waals surface area contributed by atoms with Crippen LogP contribution in [0.1, 0.15) is 39.6 Å². The third kappa shape index (κ3) is 3.69. The summed E-state index contributed by atoms with van der Waals surface area (Å²) in [6, 6.07) is 16.4. The Bertz CT molecular complexity index is 1300. The first kappa shape index (κ1) is 20.8. The Hall–Kier alpha value is -3.12. The molecular weight excluding hydrogens is 418 g/mol. The largest absolute Gasteiger partial charge is 0.361 e. The van der Waals surface area contributed by atoms with Crippen LogP contribution in [0.3, 0.4) is 0 Å². The number of para-hydroxylation sites is 1. The molecule has 164 valence electrons. The van der Waals surface area contributed by atoms with Crippen molar-refractivity contribution in [3.63, 3.8) is 0 Å². The highest BCUT2D eigenvalue weighted by Crippen LogP contribution is 2.40. The number of carbonyl (C=O) groups is 2. The van der Waals surface area contributed by atoms with Crippen molar-refractivity contribution in [1.82, 2.24) is 14.8 Å². The van der Waals surface area contributed by atoms with Crippen LogP contribution < -0.4 is 0 Å². The number of thiophene rings is 1. The molecule has 0 aliphatic carbocycles. The fourth-order valence-electron chi connectivity index (χ4n) is 4.79. The average Bonchev–Trinajstić information content (AvgIpc) is 3.53. The number of carbonyl (C=O) groups excluding carboxylic acids is 2. The van der Waals surface area contributed by atoms with Gasteiger partial charge in [-0.3, -0.25) is 9.59 Å². The maximum Gasteiger partial charge on any atom is 0.263 e. The van der Waals surface area contributed by atoms with E-state index in [0.717, 1.165) is 45.4 Å². The van der Waals surface area contributed by atoms with E-state index in [9.17, 15) is 9.59 Å². The second-order valence-corrected chi connectivity index (χ2v) is 9.78. The number of fused-ring (bicyclic) bond motifs is 2. The zero-order valence-corrected chi connectivity index (χ0v) is 19.2. The number of rotatable bonds is 5. The molecule has 0 bridgehead atoms. The Morgan fingerprint density at radius 1 is 1.09 bits per heavy atom. The van der Waals surface area contributed by atoms with Gasteiger partial charge in [0.15, 0.2) is 0 Å². The molecular formula is C26H27N3O2S. The predicted molar refractivity (Wildman–Crippen MR) is 130 cm³/mol. The number of hydrogen-bond donors (Lipinski definition) is 1. The first-order chi connectivity index (χ1) is 15.5. The van der Waals surface area contributed by atoms with E-state index < -0.39 is 0 Å². The van der Waals surface area contributed by atoms with Gasteiger partial charge in [0.2, 0.25) is 5.91 Å². The molecule has 1 N–H and O–H groups in total. The third-order valence-corrected chi connectivity index (χ3v) is 7.64. The lowest BCUT2D eigenvalue weighted by molar-refractivity contribution is -0.130. The number of amides is 2.